The van der Waals surface area contributed by atoms with Crippen molar-refractivity contribution in [2.75, 3.05) is 0 Å². The molecule has 0 saturated heterocycles. The number of ether oxygens (including phenoxy) is 1. The van der Waals surface area contributed by atoms with Crippen molar-refractivity contribution in [1.29, 1.82) is 0 Å². The highest BCUT2D eigenvalue weighted by Crippen LogP contribution is 3.02. The quantitative estimate of drug-likeness (QED) is 0.274. The number of rotatable bonds is 8. The van der Waals surface area contributed by atoms with Crippen LogP contribution in [-0.2, 0) is 11.4 Å². The summed E-state index contributed by atoms with van der Waals surface area (Å²) in [5.41, 5.74) is -0.395. The van der Waals surface area contributed by atoms with Crippen LogP contribution in [0.15, 0.2) is 65.6 Å². The Bertz CT molecular complexity index is 1370. The molecule has 206 valence electrons. The van der Waals surface area contributed by atoms with E-state index in [1.807, 2.05) is 6.92 Å². The molecule has 0 spiro atoms. The number of carbonyl (C=O) groups excluding carboxylic acids is 1. The van der Waals surface area contributed by atoms with E-state index in [1.165, 1.54) is 6.07 Å². The highest BCUT2D eigenvalue weighted by molar-refractivity contribution is 8.45. The topological polar surface area (TPSA) is 75.6 Å². The van der Waals surface area contributed by atoms with Crippen LogP contribution in [0.25, 0.3) is 10.8 Å². The van der Waals surface area contributed by atoms with Crippen LogP contribution in [-0.4, -0.2) is 23.0 Å². The van der Waals surface area contributed by atoms with Gasteiger partial charge in [-0.3, -0.25) is 4.79 Å². The molecule has 1 aliphatic rings. The second kappa shape index (κ2) is 9.14. The molecule has 38 heavy (non-hydrogen) atoms. The molecule has 4 rings (SSSR count). The van der Waals surface area contributed by atoms with E-state index in [2.05, 4.69) is 5.32 Å². The summed E-state index contributed by atoms with van der Waals surface area (Å²) in [5.74, 6) is -1.70. The molecule has 0 aromatic heterocycles. The predicted octanol–water partition coefficient (Wildman–Crippen LogP) is 8.23. The number of hydrogen-bond acceptors (Lipinski definition) is 3. The number of carbonyl (C=O) groups is 2. The molecular weight excluding hydrogens is 529 g/mol. The second-order valence-corrected chi connectivity index (χ2v) is 12.4. The van der Waals surface area contributed by atoms with Crippen LogP contribution in [0.5, 0.6) is 5.75 Å². The molecule has 1 amide bonds. The van der Waals surface area contributed by atoms with Crippen LogP contribution in [0, 0.1) is 5.41 Å². The third-order valence-electron chi connectivity index (χ3n) is 7.09. The van der Waals surface area contributed by atoms with Gasteiger partial charge in [-0.05, 0) is 47.4 Å². The first-order chi connectivity index (χ1) is 17.6. The standard InChI is InChI=1S/C27H28F5NO4S/c1-27(15-5-2-6-16-27)24(26(35)36)33-25(34)22-14-11-19-7-3-4-8-21(19)23(22)37-17-18-9-12-20(13-10-18)38(28,29,30,31)32/h3-4,7-14,24H,2,5-6,15-17H2,1H3,(H,33,34)(H,35,36). The fourth-order valence-corrected chi connectivity index (χ4v) is 5.62. The summed E-state index contributed by atoms with van der Waals surface area (Å²) in [7, 11) is -9.80. The first-order valence-corrected chi connectivity index (χ1v) is 14.0. The zero-order valence-electron chi connectivity index (χ0n) is 20.6. The molecule has 0 heterocycles. The molecule has 3 aromatic carbocycles. The first-order valence-electron chi connectivity index (χ1n) is 12.1. The van der Waals surface area contributed by atoms with E-state index in [0.29, 0.717) is 35.7 Å². The molecule has 1 unspecified atom stereocenters. The van der Waals surface area contributed by atoms with E-state index >= 15 is 0 Å². The van der Waals surface area contributed by atoms with Gasteiger partial charge in [0.25, 0.3) is 5.91 Å². The maximum absolute atomic E-state index is 13.4. The Morgan fingerprint density at radius 2 is 1.58 bits per heavy atom. The van der Waals surface area contributed by atoms with Crippen LogP contribution < -0.4 is 10.1 Å². The monoisotopic (exact) mass is 557 g/mol. The number of aliphatic carboxylic acids is 1. The SMILES string of the molecule is CC1(C(NC(=O)c2ccc3ccccc3c2OCc2ccc(S(F)(F)(F)(F)F)cc2)C(=O)O)CCCCC1. The molecule has 0 radical (unpaired) electrons. The van der Waals surface area contributed by atoms with Gasteiger partial charge in [-0.1, -0.05) is 88.1 Å². The van der Waals surface area contributed by atoms with Crippen LogP contribution in [0.4, 0.5) is 19.4 Å². The summed E-state index contributed by atoms with van der Waals surface area (Å²) in [6.45, 7) is 1.54. The highest BCUT2D eigenvalue weighted by Gasteiger charge is 2.65. The molecule has 0 aliphatic heterocycles. The number of hydrogen-bond donors (Lipinski definition) is 2. The lowest BCUT2D eigenvalue weighted by Crippen LogP contribution is -2.52. The maximum atomic E-state index is 13.4. The van der Waals surface area contributed by atoms with Crippen LogP contribution in [0.3, 0.4) is 0 Å². The molecule has 11 heteroatoms. The molecule has 0 bridgehead atoms. The Morgan fingerprint density at radius 3 is 2.18 bits per heavy atom. The van der Waals surface area contributed by atoms with Gasteiger partial charge in [-0.15, -0.1) is 0 Å². The van der Waals surface area contributed by atoms with Gasteiger partial charge >= 0.3 is 16.2 Å². The third-order valence-corrected chi connectivity index (χ3v) is 8.25. The lowest BCUT2D eigenvalue weighted by atomic mass is 9.70. The zero-order chi connectivity index (χ0) is 27.8. The number of nitrogens with one attached hydrogen (secondary N) is 1. The van der Waals surface area contributed by atoms with E-state index in [4.69, 9.17) is 4.74 Å². The molecule has 5 nitrogen and oxygen atoms in total. The lowest BCUT2D eigenvalue weighted by molar-refractivity contribution is -0.143. The van der Waals surface area contributed by atoms with Crippen LogP contribution >= 0.6 is 10.2 Å². The summed E-state index contributed by atoms with van der Waals surface area (Å²) in [4.78, 5) is 23.5. The maximum Gasteiger partial charge on any atom is 0.326 e. The van der Waals surface area contributed by atoms with Crippen molar-refractivity contribution in [3.8, 4) is 5.75 Å². The van der Waals surface area contributed by atoms with E-state index in [1.54, 1.807) is 30.3 Å². The number of halogens is 5. The van der Waals surface area contributed by atoms with Gasteiger partial charge in [0.15, 0.2) is 0 Å². The average Bonchev–Trinajstić information content (AvgIpc) is 2.84. The Labute approximate surface area is 216 Å². The van der Waals surface area contributed by atoms with Crippen molar-refractivity contribution in [1.82, 2.24) is 5.32 Å². The van der Waals surface area contributed by atoms with Crippen molar-refractivity contribution >= 4 is 32.9 Å². The minimum atomic E-state index is -9.80. The second-order valence-electron chi connectivity index (χ2n) is 10.0. The molecule has 2 N–H and O–H groups in total. The van der Waals surface area contributed by atoms with E-state index < -0.39 is 38.5 Å². The van der Waals surface area contributed by atoms with Gasteiger partial charge in [-0.25, -0.2) is 4.79 Å². The van der Waals surface area contributed by atoms with Gasteiger partial charge in [-0.2, -0.15) is 0 Å². The summed E-state index contributed by atoms with van der Waals surface area (Å²) >= 11 is 0. The van der Waals surface area contributed by atoms with Crippen molar-refractivity contribution in [2.45, 2.75) is 56.6 Å². The van der Waals surface area contributed by atoms with Gasteiger partial charge in [0.05, 0.1) is 5.56 Å². The Balaban J connectivity index is 1.64. The zero-order valence-corrected chi connectivity index (χ0v) is 21.4. The number of carboxylic acids is 1. The minimum absolute atomic E-state index is 0.0537. The number of fused-ring (bicyclic) bond motifs is 1. The predicted molar refractivity (Wildman–Crippen MR) is 136 cm³/mol. The van der Waals surface area contributed by atoms with E-state index in [0.717, 1.165) is 31.4 Å². The van der Waals surface area contributed by atoms with E-state index in [-0.39, 0.29) is 23.5 Å². The largest absolute Gasteiger partial charge is 0.487 e. The third kappa shape index (κ3) is 6.03. The first kappa shape index (κ1) is 27.7. The average molecular weight is 558 g/mol. The Kier molecular flexibility index (Phi) is 6.66. The molecule has 1 atom stereocenters. The molecule has 3 aromatic rings. The lowest BCUT2D eigenvalue weighted by Gasteiger charge is -2.40. The van der Waals surface area contributed by atoms with Crippen molar-refractivity contribution < 1.29 is 38.9 Å². The fraction of sp³-hybridized carbons (Fsp3) is 0.333. The molecule has 1 aliphatic carbocycles. The molecule has 1 fully saturated rings. The smallest absolute Gasteiger partial charge is 0.326 e. The number of carboxylic acid groups (broad SMARTS) is 1. The van der Waals surface area contributed by atoms with Gasteiger partial charge in [0.2, 0.25) is 0 Å². The number of amides is 1. The summed E-state index contributed by atoms with van der Waals surface area (Å²) in [6, 6.07) is 11.4. The number of benzene rings is 3. The Hall–Kier alpha value is -3.34. The van der Waals surface area contributed by atoms with Gasteiger partial charge in [0, 0.05) is 5.39 Å². The molecular formula is C27H28F5NO4S. The van der Waals surface area contributed by atoms with Crippen molar-refractivity contribution in [2.24, 2.45) is 5.41 Å². The van der Waals surface area contributed by atoms with Gasteiger partial charge in [0.1, 0.15) is 23.3 Å². The summed E-state index contributed by atoms with van der Waals surface area (Å²) in [5, 5.41) is 13.8. The Morgan fingerprint density at radius 1 is 0.947 bits per heavy atom. The van der Waals surface area contributed by atoms with Gasteiger partial charge < -0.3 is 15.2 Å². The van der Waals surface area contributed by atoms with Crippen molar-refractivity contribution in [3.63, 3.8) is 0 Å². The molecule has 1 saturated carbocycles. The highest BCUT2D eigenvalue weighted by atomic mass is 32.5. The normalized spacial score (nSPS) is 18.2. The van der Waals surface area contributed by atoms with E-state index in [9.17, 15) is 34.1 Å². The fourth-order valence-electron chi connectivity index (χ4n) is 4.97. The minimum Gasteiger partial charge on any atom is -0.487 e. The van der Waals surface area contributed by atoms with Crippen molar-refractivity contribution in [3.05, 3.63) is 71.8 Å². The van der Waals surface area contributed by atoms with Crippen LogP contribution in [0.1, 0.15) is 54.9 Å². The van der Waals surface area contributed by atoms with Crippen LogP contribution in [0.2, 0.25) is 0 Å². The summed E-state index contributed by atoms with van der Waals surface area (Å²) in [6.07, 6.45) is 4.03. The summed E-state index contributed by atoms with van der Waals surface area (Å²) < 4.78 is 71.1.